The first-order valence-electron chi connectivity index (χ1n) is 8.30. The topological polar surface area (TPSA) is 34.6 Å². The maximum Gasteiger partial charge on any atom is 0.340 e. The highest BCUT2D eigenvalue weighted by Crippen LogP contribution is 2.15. The first-order chi connectivity index (χ1) is 12.2. The van der Waals surface area contributed by atoms with E-state index >= 15 is 0 Å². The molecule has 0 saturated heterocycles. The van der Waals surface area contributed by atoms with Crippen LogP contribution in [0.25, 0.3) is 22.8 Å². The molecule has 0 aliphatic carbocycles. The largest absolute Gasteiger partial charge is 0.340 e. The van der Waals surface area contributed by atoms with Gasteiger partial charge in [0.05, 0.1) is 10.7 Å². The number of hydrogen-bond acceptors (Lipinski definition) is 2. The summed E-state index contributed by atoms with van der Waals surface area (Å²) in [7, 11) is 0. The zero-order valence-electron chi connectivity index (χ0n) is 14.3. The highest BCUT2D eigenvalue weighted by Gasteiger charge is 2.23. The molecule has 4 heteroatoms. The van der Waals surface area contributed by atoms with Crippen molar-refractivity contribution in [2.24, 2.45) is 0 Å². The molecule has 4 rings (SSSR count). The summed E-state index contributed by atoms with van der Waals surface area (Å²) in [5.74, 6) is 0.698. The first kappa shape index (κ1) is 15.3. The van der Waals surface area contributed by atoms with E-state index in [-0.39, 0.29) is 0 Å². The third-order valence-corrected chi connectivity index (χ3v) is 4.06. The highest BCUT2D eigenvalue weighted by molar-refractivity contribution is 5.53. The van der Waals surface area contributed by atoms with E-state index in [0.717, 1.165) is 16.9 Å². The van der Waals surface area contributed by atoms with Gasteiger partial charge in [-0.3, -0.25) is 0 Å². The van der Waals surface area contributed by atoms with Crippen molar-refractivity contribution < 1.29 is 4.80 Å². The van der Waals surface area contributed by atoms with Gasteiger partial charge < -0.3 is 0 Å². The minimum atomic E-state index is 0.698. The standard InChI is InChI=1S/C21H19N4/c1-16-8-6-12-19(14-16)24-22-21(18-10-4-3-5-11-18)23-25(24)20-13-7-9-17(2)15-20/h3-15H,1-2H3/q+1. The summed E-state index contributed by atoms with van der Waals surface area (Å²) in [6.45, 7) is 4.16. The van der Waals surface area contributed by atoms with Crippen LogP contribution in [0.1, 0.15) is 11.1 Å². The van der Waals surface area contributed by atoms with Crippen LogP contribution in [0.4, 0.5) is 0 Å². The SMILES string of the molecule is Cc1cccc(-n2nc(-c3ccccc3)n[n+]2-c2cccc(C)c2)c1. The van der Waals surface area contributed by atoms with Crippen LogP contribution >= 0.6 is 0 Å². The van der Waals surface area contributed by atoms with E-state index in [2.05, 4.69) is 38.1 Å². The van der Waals surface area contributed by atoms with Crippen LogP contribution in [-0.2, 0) is 0 Å². The minimum Gasteiger partial charge on any atom is -0.0622 e. The van der Waals surface area contributed by atoms with Crippen molar-refractivity contribution in [2.75, 3.05) is 0 Å². The lowest BCUT2D eigenvalue weighted by Gasteiger charge is -2.01. The van der Waals surface area contributed by atoms with E-state index < -0.39 is 0 Å². The van der Waals surface area contributed by atoms with Gasteiger partial charge in [-0.25, -0.2) is 0 Å². The van der Waals surface area contributed by atoms with Gasteiger partial charge in [0.1, 0.15) is 5.69 Å². The van der Waals surface area contributed by atoms with Crippen molar-refractivity contribution >= 4 is 0 Å². The molecule has 0 amide bonds. The summed E-state index contributed by atoms with van der Waals surface area (Å²) in [6.07, 6.45) is 0. The van der Waals surface area contributed by atoms with Gasteiger partial charge in [0.25, 0.3) is 0 Å². The van der Waals surface area contributed by atoms with Crippen LogP contribution in [-0.4, -0.2) is 15.0 Å². The van der Waals surface area contributed by atoms with Gasteiger partial charge in [-0.05, 0) is 71.3 Å². The van der Waals surface area contributed by atoms with Crippen LogP contribution in [0.5, 0.6) is 0 Å². The molecular weight excluding hydrogens is 308 g/mol. The molecule has 0 fully saturated rings. The third-order valence-electron chi connectivity index (χ3n) is 4.06. The Morgan fingerprint density at radius 1 is 0.760 bits per heavy atom. The molecule has 0 aliphatic heterocycles. The van der Waals surface area contributed by atoms with E-state index in [4.69, 9.17) is 10.2 Å². The number of nitrogens with zero attached hydrogens (tertiary/aromatic N) is 4. The van der Waals surface area contributed by atoms with Crippen molar-refractivity contribution in [3.05, 3.63) is 90.0 Å². The minimum absolute atomic E-state index is 0.698. The van der Waals surface area contributed by atoms with Crippen molar-refractivity contribution in [2.45, 2.75) is 13.8 Å². The predicted octanol–water partition coefficient (Wildman–Crippen LogP) is 3.83. The molecule has 4 aromatic rings. The lowest BCUT2D eigenvalue weighted by atomic mass is 10.2. The molecule has 0 N–H and O–H groups in total. The summed E-state index contributed by atoms with van der Waals surface area (Å²) in [4.78, 5) is 3.70. The molecule has 0 aliphatic rings. The number of aryl methyl sites for hydroxylation is 2. The lowest BCUT2D eigenvalue weighted by molar-refractivity contribution is -0.734. The zero-order chi connectivity index (χ0) is 17.2. The highest BCUT2D eigenvalue weighted by atomic mass is 15.7. The van der Waals surface area contributed by atoms with Gasteiger partial charge >= 0.3 is 5.82 Å². The Balaban J connectivity index is 1.93. The number of hydrogen-bond donors (Lipinski definition) is 0. The Hall–Kier alpha value is -3.27. The van der Waals surface area contributed by atoms with Gasteiger partial charge in [0.2, 0.25) is 0 Å². The van der Waals surface area contributed by atoms with Crippen LogP contribution in [0, 0.1) is 13.8 Å². The summed E-state index contributed by atoms with van der Waals surface area (Å²) in [5.41, 5.74) is 5.33. The summed E-state index contributed by atoms with van der Waals surface area (Å²) < 4.78 is 0. The van der Waals surface area contributed by atoms with Crippen LogP contribution in [0.3, 0.4) is 0 Å². The second-order valence-electron chi connectivity index (χ2n) is 6.15. The van der Waals surface area contributed by atoms with Crippen LogP contribution < -0.4 is 4.80 Å². The molecule has 1 aromatic heterocycles. The average Bonchev–Trinajstić information content (AvgIpc) is 3.08. The van der Waals surface area contributed by atoms with Gasteiger partial charge in [0, 0.05) is 4.80 Å². The quantitative estimate of drug-likeness (QED) is 0.536. The Morgan fingerprint density at radius 2 is 1.48 bits per heavy atom. The molecule has 0 unspecified atom stereocenters. The van der Waals surface area contributed by atoms with Crippen molar-refractivity contribution in [1.82, 2.24) is 15.0 Å². The number of aromatic nitrogens is 4. The predicted molar refractivity (Wildman–Crippen MR) is 97.8 cm³/mol. The third kappa shape index (κ3) is 3.06. The maximum absolute atomic E-state index is 4.77. The summed E-state index contributed by atoms with van der Waals surface area (Å²) in [6, 6.07) is 26.6. The average molecular weight is 327 g/mol. The fourth-order valence-electron chi connectivity index (χ4n) is 2.83. The number of tetrazole rings is 1. The molecule has 0 saturated carbocycles. The lowest BCUT2D eigenvalue weighted by Crippen LogP contribution is -2.43. The zero-order valence-corrected chi connectivity index (χ0v) is 14.3. The van der Waals surface area contributed by atoms with E-state index in [1.54, 1.807) is 0 Å². The second kappa shape index (κ2) is 6.32. The molecule has 4 nitrogen and oxygen atoms in total. The maximum atomic E-state index is 4.77. The smallest absolute Gasteiger partial charge is 0.0622 e. The number of rotatable bonds is 3. The fraction of sp³-hybridized carbons (Fsp3) is 0.0952. The molecule has 25 heavy (non-hydrogen) atoms. The van der Waals surface area contributed by atoms with Crippen LogP contribution in [0.2, 0.25) is 0 Å². The second-order valence-corrected chi connectivity index (χ2v) is 6.15. The molecular formula is C21H19N4+. The van der Waals surface area contributed by atoms with E-state index in [0.29, 0.717) is 5.82 Å². The van der Waals surface area contributed by atoms with E-state index in [1.165, 1.54) is 11.1 Å². The fourth-order valence-corrected chi connectivity index (χ4v) is 2.83. The van der Waals surface area contributed by atoms with Gasteiger partial charge in [-0.1, -0.05) is 42.5 Å². The molecule has 0 spiro atoms. The Bertz CT molecular complexity index is 956. The molecule has 0 radical (unpaired) electrons. The first-order valence-corrected chi connectivity index (χ1v) is 8.30. The Morgan fingerprint density at radius 3 is 2.20 bits per heavy atom. The summed E-state index contributed by atoms with van der Waals surface area (Å²) in [5, 5.41) is 9.53. The van der Waals surface area contributed by atoms with Gasteiger partial charge in [0.15, 0.2) is 5.69 Å². The molecule has 1 heterocycles. The molecule has 3 aromatic carbocycles. The molecule has 0 atom stereocenters. The van der Waals surface area contributed by atoms with Gasteiger partial charge in [-0.2, -0.15) is 0 Å². The molecule has 0 bridgehead atoms. The Kier molecular flexibility index (Phi) is 3.86. The summed E-state index contributed by atoms with van der Waals surface area (Å²) >= 11 is 0. The van der Waals surface area contributed by atoms with E-state index in [9.17, 15) is 0 Å². The van der Waals surface area contributed by atoms with Crippen molar-refractivity contribution in [1.29, 1.82) is 0 Å². The monoisotopic (exact) mass is 327 g/mol. The van der Waals surface area contributed by atoms with Crippen molar-refractivity contribution in [3.63, 3.8) is 0 Å². The number of benzene rings is 3. The molecule has 122 valence electrons. The Labute approximate surface area is 147 Å². The van der Waals surface area contributed by atoms with Crippen molar-refractivity contribution in [3.8, 4) is 22.8 Å². The normalized spacial score (nSPS) is 10.8. The van der Waals surface area contributed by atoms with Gasteiger partial charge in [-0.15, -0.1) is 0 Å². The van der Waals surface area contributed by atoms with E-state index in [1.807, 2.05) is 64.2 Å². The van der Waals surface area contributed by atoms with Crippen LogP contribution in [0.15, 0.2) is 78.9 Å².